The molecule has 0 spiro atoms. The summed E-state index contributed by atoms with van der Waals surface area (Å²) in [4.78, 5) is 10.2. The van der Waals surface area contributed by atoms with Gasteiger partial charge in [0.05, 0.1) is 16.8 Å². The zero-order valence-electron chi connectivity index (χ0n) is 11.5. The molecule has 0 saturated heterocycles. The quantitative estimate of drug-likeness (QED) is 0.478. The van der Waals surface area contributed by atoms with Crippen molar-refractivity contribution in [3.63, 3.8) is 0 Å². The Balaban J connectivity index is 1.99. The van der Waals surface area contributed by atoms with Crippen LogP contribution in [0.2, 0.25) is 0 Å². The minimum absolute atomic E-state index is 0.0896. The van der Waals surface area contributed by atoms with Gasteiger partial charge < -0.3 is 5.32 Å². The predicted molar refractivity (Wildman–Crippen MR) is 77.1 cm³/mol. The number of nitrogens with one attached hydrogen (secondary N) is 1. The lowest BCUT2D eigenvalue weighted by Crippen LogP contribution is -2.14. The number of non-ortho nitro benzene ring substituents is 1. The third kappa shape index (κ3) is 3.64. The summed E-state index contributed by atoms with van der Waals surface area (Å²) >= 11 is 0. The van der Waals surface area contributed by atoms with E-state index in [9.17, 15) is 10.1 Å². The van der Waals surface area contributed by atoms with Gasteiger partial charge in [0.2, 0.25) is 0 Å². The summed E-state index contributed by atoms with van der Waals surface area (Å²) in [6.45, 7) is 4.08. The first-order valence-electron chi connectivity index (χ1n) is 6.70. The Morgan fingerprint density at radius 3 is 2.75 bits per heavy atom. The lowest BCUT2D eigenvalue weighted by Gasteiger charge is -2.01. The van der Waals surface area contributed by atoms with Gasteiger partial charge in [-0.1, -0.05) is 6.92 Å². The Bertz CT molecular complexity index is 563. The minimum Gasteiger partial charge on any atom is -0.317 e. The molecule has 0 aliphatic heterocycles. The van der Waals surface area contributed by atoms with Crippen molar-refractivity contribution in [1.82, 2.24) is 15.1 Å². The normalized spacial score (nSPS) is 10.7. The molecule has 0 amide bonds. The van der Waals surface area contributed by atoms with E-state index in [4.69, 9.17) is 0 Å². The van der Waals surface area contributed by atoms with Crippen molar-refractivity contribution in [2.45, 2.75) is 19.8 Å². The van der Waals surface area contributed by atoms with Gasteiger partial charge in [0.1, 0.15) is 0 Å². The molecule has 106 valence electrons. The van der Waals surface area contributed by atoms with Gasteiger partial charge in [-0.25, -0.2) is 4.68 Å². The van der Waals surface area contributed by atoms with Gasteiger partial charge in [-0.2, -0.15) is 5.10 Å². The van der Waals surface area contributed by atoms with Gasteiger partial charge in [0, 0.05) is 18.3 Å². The molecule has 0 unspecified atom stereocenters. The van der Waals surface area contributed by atoms with E-state index in [1.54, 1.807) is 16.8 Å². The Labute approximate surface area is 117 Å². The highest BCUT2D eigenvalue weighted by Crippen LogP contribution is 2.15. The summed E-state index contributed by atoms with van der Waals surface area (Å²) in [6, 6.07) is 6.38. The fourth-order valence-electron chi connectivity index (χ4n) is 1.95. The zero-order chi connectivity index (χ0) is 14.4. The summed E-state index contributed by atoms with van der Waals surface area (Å²) < 4.78 is 1.74. The molecule has 0 atom stereocenters. The summed E-state index contributed by atoms with van der Waals surface area (Å²) in [6.07, 6.45) is 5.85. The van der Waals surface area contributed by atoms with E-state index < -0.39 is 4.92 Å². The predicted octanol–water partition coefficient (Wildman–Crippen LogP) is 2.32. The number of benzene rings is 1. The van der Waals surface area contributed by atoms with E-state index in [1.165, 1.54) is 17.7 Å². The van der Waals surface area contributed by atoms with Crippen LogP contribution in [0.1, 0.15) is 18.9 Å². The molecular formula is C14H18N4O2. The second kappa shape index (κ2) is 6.81. The fourth-order valence-corrected chi connectivity index (χ4v) is 1.95. The van der Waals surface area contributed by atoms with Gasteiger partial charge in [-0.05, 0) is 43.6 Å². The van der Waals surface area contributed by atoms with Crippen LogP contribution in [-0.2, 0) is 6.42 Å². The molecule has 1 N–H and O–H groups in total. The summed E-state index contributed by atoms with van der Waals surface area (Å²) in [5.41, 5.74) is 2.08. The molecule has 1 heterocycles. The highest BCUT2D eigenvalue weighted by Gasteiger charge is 2.06. The van der Waals surface area contributed by atoms with Crippen LogP contribution in [0.3, 0.4) is 0 Å². The summed E-state index contributed by atoms with van der Waals surface area (Å²) in [7, 11) is 0. The van der Waals surface area contributed by atoms with Gasteiger partial charge >= 0.3 is 0 Å². The second-order valence-electron chi connectivity index (χ2n) is 4.52. The first-order chi connectivity index (χ1) is 9.70. The Hall–Kier alpha value is -2.21. The lowest BCUT2D eigenvalue weighted by molar-refractivity contribution is -0.384. The second-order valence-corrected chi connectivity index (χ2v) is 4.52. The smallest absolute Gasteiger partial charge is 0.269 e. The number of nitrogens with zero attached hydrogens (tertiary/aromatic N) is 3. The molecule has 0 bridgehead atoms. The van der Waals surface area contributed by atoms with E-state index in [0.29, 0.717) is 0 Å². The van der Waals surface area contributed by atoms with E-state index in [1.807, 2.05) is 12.4 Å². The maximum absolute atomic E-state index is 10.6. The maximum atomic E-state index is 10.6. The molecule has 20 heavy (non-hydrogen) atoms. The number of rotatable bonds is 7. The minimum atomic E-state index is -0.404. The van der Waals surface area contributed by atoms with Crippen LogP contribution in [0.15, 0.2) is 36.7 Å². The van der Waals surface area contributed by atoms with Crippen LogP contribution in [0.5, 0.6) is 0 Å². The number of hydrogen-bond donors (Lipinski definition) is 1. The van der Waals surface area contributed by atoms with Crippen molar-refractivity contribution in [2.75, 3.05) is 13.1 Å². The van der Waals surface area contributed by atoms with E-state index in [2.05, 4.69) is 17.3 Å². The third-order valence-corrected chi connectivity index (χ3v) is 3.03. The Kier molecular flexibility index (Phi) is 4.84. The molecule has 1 aromatic heterocycles. The van der Waals surface area contributed by atoms with Crippen LogP contribution in [0.4, 0.5) is 5.69 Å². The molecule has 0 radical (unpaired) electrons. The van der Waals surface area contributed by atoms with Gasteiger partial charge in [0.15, 0.2) is 0 Å². The molecule has 2 aromatic rings. The number of aryl methyl sites for hydroxylation is 1. The molecule has 1 aromatic carbocycles. The summed E-state index contributed by atoms with van der Waals surface area (Å²) in [5, 5.41) is 18.2. The first-order valence-corrected chi connectivity index (χ1v) is 6.70. The zero-order valence-corrected chi connectivity index (χ0v) is 11.5. The largest absolute Gasteiger partial charge is 0.317 e. The Morgan fingerprint density at radius 2 is 2.10 bits per heavy atom. The van der Waals surface area contributed by atoms with Gasteiger partial charge in [0.25, 0.3) is 5.69 Å². The maximum Gasteiger partial charge on any atom is 0.269 e. The average Bonchev–Trinajstić information content (AvgIpc) is 2.92. The van der Waals surface area contributed by atoms with Crippen molar-refractivity contribution in [3.05, 3.63) is 52.3 Å². The monoisotopic (exact) mass is 274 g/mol. The number of nitro benzene ring substituents is 1. The molecule has 0 fully saturated rings. The fraction of sp³-hybridized carbons (Fsp3) is 0.357. The van der Waals surface area contributed by atoms with Crippen LogP contribution in [-0.4, -0.2) is 27.8 Å². The SMILES string of the molecule is CCNCCCc1cnn(-c2ccc([N+](=O)[O-])cc2)c1. The molecule has 6 nitrogen and oxygen atoms in total. The average molecular weight is 274 g/mol. The number of nitro groups is 1. The molecule has 0 aliphatic rings. The lowest BCUT2D eigenvalue weighted by atomic mass is 10.2. The molecule has 6 heteroatoms. The summed E-state index contributed by atoms with van der Waals surface area (Å²) in [5.74, 6) is 0. The van der Waals surface area contributed by atoms with Crippen molar-refractivity contribution >= 4 is 5.69 Å². The van der Waals surface area contributed by atoms with E-state index in [-0.39, 0.29) is 5.69 Å². The van der Waals surface area contributed by atoms with Crippen LogP contribution in [0.25, 0.3) is 5.69 Å². The van der Waals surface area contributed by atoms with E-state index in [0.717, 1.165) is 31.6 Å². The van der Waals surface area contributed by atoms with Crippen molar-refractivity contribution in [3.8, 4) is 5.69 Å². The molecule has 0 saturated carbocycles. The molecule has 0 aliphatic carbocycles. The highest BCUT2D eigenvalue weighted by molar-refractivity contribution is 5.40. The van der Waals surface area contributed by atoms with Crippen molar-refractivity contribution < 1.29 is 4.92 Å². The van der Waals surface area contributed by atoms with Crippen molar-refractivity contribution in [1.29, 1.82) is 0 Å². The van der Waals surface area contributed by atoms with Gasteiger partial charge in [-0.15, -0.1) is 0 Å². The van der Waals surface area contributed by atoms with Crippen LogP contribution in [0, 0.1) is 10.1 Å². The molecular weight excluding hydrogens is 256 g/mol. The Morgan fingerprint density at radius 1 is 1.35 bits per heavy atom. The topological polar surface area (TPSA) is 73.0 Å². The highest BCUT2D eigenvalue weighted by atomic mass is 16.6. The first kappa shape index (κ1) is 14.2. The van der Waals surface area contributed by atoms with Gasteiger partial charge in [-0.3, -0.25) is 10.1 Å². The number of hydrogen-bond acceptors (Lipinski definition) is 4. The van der Waals surface area contributed by atoms with Crippen molar-refractivity contribution in [2.24, 2.45) is 0 Å². The van der Waals surface area contributed by atoms with Crippen LogP contribution < -0.4 is 5.32 Å². The van der Waals surface area contributed by atoms with E-state index >= 15 is 0 Å². The molecule has 2 rings (SSSR count). The number of aromatic nitrogens is 2. The van der Waals surface area contributed by atoms with Crippen LogP contribution >= 0.6 is 0 Å². The third-order valence-electron chi connectivity index (χ3n) is 3.03. The standard InChI is InChI=1S/C14H18N4O2/c1-2-15-9-3-4-12-10-16-17(11-12)13-5-7-14(8-6-13)18(19)20/h5-8,10-11,15H,2-4,9H2,1H3.